The van der Waals surface area contributed by atoms with E-state index < -0.39 is 0 Å². The van der Waals surface area contributed by atoms with Gasteiger partial charge in [0.15, 0.2) is 0 Å². The van der Waals surface area contributed by atoms with E-state index in [4.69, 9.17) is 11.6 Å². The second-order valence-electron chi connectivity index (χ2n) is 4.45. The van der Waals surface area contributed by atoms with Gasteiger partial charge >= 0.3 is 0 Å². The molecule has 0 saturated heterocycles. The van der Waals surface area contributed by atoms with Gasteiger partial charge in [0.05, 0.1) is 18.8 Å². The largest absolute Gasteiger partial charge is 0.245 e. The Bertz CT molecular complexity index is 401. The molecular weight excluding hydrogens is 222 g/mol. The van der Waals surface area contributed by atoms with Crippen LogP contribution in [0.25, 0.3) is 0 Å². The quantitative estimate of drug-likeness (QED) is 0.787. The molecule has 1 aliphatic heterocycles. The third kappa shape index (κ3) is 2.53. The van der Waals surface area contributed by atoms with Crippen molar-refractivity contribution >= 4 is 17.3 Å². The van der Waals surface area contributed by atoms with Gasteiger partial charge in [0.1, 0.15) is 0 Å². The summed E-state index contributed by atoms with van der Waals surface area (Å²) >= 11 is 6.03. The molecule has 1 aromatic rings. The van der Waals surface area contributed by atoms with Crippen LogP contribution >= 0.6 is 11.6 Å². The lowest BCUT2D eigenvalue weighted by Gasteiger charge is -2.18. The molecule has 0 bridgehead atoms. The van der Waals surface area contributed by atoms with E-state index in [0.29, 0.717) is 5.92 Å². The molecule has 0 amide bonds. The lowest BCUT2D eigenvalue weighted by atomic mass is 10.0. The summed E-state index contributed by atoms with van der Waals surface area (Å²) in [6.07, 6.45) is 1.02. The molecule has 0 fully saturated rings. The lowest BCUT2D eigenvalue weighted by Crippen LogP contribution is -2.16. The standard InChI is InChI=1S/C12H16ClN3/c1-9(2)7-10-8-11(13)3-4-12(10)16-6-5-14-15-16/h3-4,8-9H,5-7H2,1-2H3. The summed E-state index contributed by atoms with van der Waals surface area (Å²) in [5.41, 5.74) is 2.39. The second-order valence-corrected chi connectivity index (χ2v) is 4.89. The summed E-state index contributed by atoms with van der Waals surface area (Å²) in [6.45, 7) is 6.06. The van der Waals surface area contributed by atoms with Crippen molar-refractivity contribution in [2.24, 2.45) is 16.3 Å². The van der Waals surface area contributed by atoms with Crippen LogP contribution in [0.3, 0.4) is 0 Å². The molecule has 0 N–H and O–H groups in total. The summed E-state index contributed by atoms with van der Waals surface area (Å²) in [4.78, 5) is 0. The Labute approximate surface area is 101 Å². The zero-order valence-electron chi connectivity index (χ0n) is 9.65. The molecular formula is C12H16ClN3. The first-order chi connectivity index (χ1) is 7.66. The molecule has 0 radical (unpaired) electrons. The van der Waals surface area contributed by atoms with Gasteiger partial charge in [-0.05, 0) is 36.1 Å². The minimum absolute atomic E-state index is 0.608. The van der Waals surface area contributed by atoms with Crippen LogP contribution in [0.4, 0.5) is 5.69 Å². The van der Waals surface area contributed by atoms with Crippen molar-refractivity contribution in [3.63, 3.8) is 0 Å². The van der Waals surface area contributed by atoms with Crippen molar-refractivity contribution in [1.82, 2.24) is 0 Å². The summed E-state index contributed by atoms with van der Waals surface area (Å²) in [6, 6.07) is 5.98. The molecule has 1 heterocycles. The predicted octanol–water partition coefficient (Wildman–Crippen LogP) is 3.73. The Morgan fingerprint density at radius 1 is 1.44 bits per heavy atom. The fourth-order valence-corrected chi connectivity index (χ4v) is 2.08. The third-order valence-electron chi connectivity index (χ3n) is 2.53. The van der Waals surface area contributed by atoms with E-state index in [9.17, 15) is 0 Å². The van der Waals surface area contributed by atoms with Gasteiger partial charge in [-0.25, -0.2) is 5.01 Å². The average molecular weight is 238 g/mol. The van der Waals surface area contributed by atoms with Crippen LogP contribution in [0, 0.1) is 5.92 Å². The maximum Gasteiger partial charge on any atom is 0.0817 e. The molecule has 1 aromatic carbocycles. The molecule has 0 atom stereocenters. The van der Waals surface area contributed by atoms with Gasteiger partial charge in [0.2, 0.25) is 0 Å². The van der Waals surface area contributed by atoms with E-state index in [1.165, 1.54) is 5.56 Å². The minimum Gasteiger partial charge on any atom is -0.245 e. The number of benzene rings is 1. The average Bonchev–Trinajstić information content (AvgIpc) is 2.69. The molecule has 0 aromatic heterocycles. The van der Waals surface area contributed by atoms with Gasteiger partial charge in [-0.1, -0.05) is 30.7 Å². The molecule has 1 aliphatic rings. The highest BCUT2D eigenvalue weighted by Crippen LogP contribution is 2.28. The van der Waals surface area contributed by atoms with Crippen molar-refractivity contribution in [2.45, 2.75) is 20.3 Å². The van der Waals surface area contributed by atoms with Gasteiger partial charge in [-0.15, -0.1) is 0 Å². The third-order valence-corrected chi connectivity index (χ3v) is 2.77. The molecule has 0 aliphatic carbocycles. The Balaban J connectivity index is 2.31. The van der Waals surface area contributed by atoms with E-state index in [1.54, 1.807) is 0 Å². The van der Waals surface area contributed by atoms with Crippen molar-refractivity contribution < 1.29 is 0 Å². The van der Waals surface area contributed by atoms with Gasteiger partial charge in [0, 0.05) is 5.02 Å². The van der Waals surface area contributed by atoms with Crippen LogP contribution in [0.2, 0.25) is 5.02 Å². The van der Waals surface area contributed by atoms with Crippen LogP contribution in [0.1, 0.15) is 19.4 Å². The molecule has 2 rings (SSSR count). The second kappa shape index (κ2) is 4.83. The van der Waals surface area contributed by atoms with Crippen molar-refractivity contribution in [3.05, 3.63) is 28.8 Å². The van der Waals surface area contributed by atoms with Crippen LogP contribution in [-0.4, -0.2) is 13.1 Å². The molecule has 86 valence electrons. The summed E-state index contributed by atoms with van der Waals surface area (Å²) < 4.78 is 0. The van der Waals surface area contributed by atoms with E-state index in [1.807, 2.05) is 23.2 Å². The first-order valence-corrected chi connectivity index (χ1v) is 5.98. The van der Waals surface area contributed by atoms with E-state index in [2.05, 4.69) is 24.2 Å². The van der Waals surface area contributed by atoms with Crippen molar-refractivity contribution in [2.75, 3.05) is 18.1 Å². The fraction of sp³-hybridized carbons (Fsp3) is 0.500. The first kappa shape index (κ1) is 11.4. The predicted molar refractivity (Wildman–Crippen MR) is 67.1 cm³/mol. The highest BCUT2D eigenvalue weighted by Gasteiger charge is 2.15. The maximum atomic E-state index is 6.03. The Kier molecular flexibility index (Phi) is 3.44. The fourth-order valence-electron chi connectivity index (χ4n) is 1.88. The Morgan fingerprint density at radius 3 is 2.88 bits per heavy atom. The Morgan fingerprint density at radius 2 is 2.25 bits per heavy atom. The molecule has 4 heteroatoms. The van der Waals surface area contributed by atoms with Crippen LogP contribution in [-0.2, 0) is 6.42 Å². The zero-order valence-corrected chi connectivity index (χ0v) is 10.4. The SMILES string of the molecule is CC(C)Cc1cc(Cl)ccc1N1CCN=N1. The summed E-state index contributed by atoms with van der Waals surface area (Å²) in [5, 5.41) is 10.9. The normalized spacial score (nSPS) is 15.1. The van der Waals surface area contributed by atoms with Crippen molar-refractivity contribution in [1.29, 1.82) is 0 Å². The number of nitrogens with zero attached hydrogens (tertiary/aromatic N) is 3. The number of hydrogen-bond acceptors (Lipinski definition) is 3. The minimum atomic E-state index is 0.608. The maximum absolute atomic E-state index is 6.03. The number of hydrogen-bond donors (Lipinski definition) is 0. The van der Waals surface area contributed by atoms with Gasteiger partial charge < -0.3 is 0 Å². The molecule has 0 spiro atoms. The monoisotopic (exact) mass is 237 g/mol. The number of rotatable bonds is 3. The molecule has 3 nitrogen and oxygen atoms in total. The number of halogens is 1. The van der Waals surface area contributed by atoms with Gasteiger partial charge in [-0.2, -0.15) is 5.11 Å². The zero-order chi connectivity index (χ0) is 11.5. The molecule has 0 unspecified atom stereocenters. The lowest BCUT2D eigenvalue weighted by molar-refractivity contribution is 0.645. The van der Waals surface area contributed by atoms with E-state index in [0.717, 1.165) is 30.2 Å². The molecule has 0 saturated carbocycles. The highest BCUT2D eigenvalue weighted by molar-refractivity contribution is 6.30. The highest BCUT2D eigenvalue weighted by atomic mass is 35.5. The van der Waals surface area contributed by atoms with Gasteiger partial charge in [0.25, 0.3) is 0 Å². The van der Waals surface area contributed by atoms with E-state index >= 15 is 0 Å². The smallest absolute Gasteiger partial charge is 0.0817 e. The van der Waals surface area contributed by atoms with Crippen LogP contribution < -0.4 is 5.01 Å². The summed E-state index contributed by atoms with van der Waals surface area (Å²) in [5.74, 6) is 0.608. The van der Waals surface area contributed by atoms with E-state index in [-0.39, 0.29) is 0 Å². The molecule has 16 heavy (non-hydrogen) atoms. The number of anilines is 1. The van der Waals surface area contributed by atoms with Crippen LogP contribution in [0.15, 0.2) is 28.5 Å². The Hall–Kier alpha value is -1.09. The first-order valence-electron chi connectivity index (χ1n) is 5.60. The topological polar surface area (TPSA) is 28.0 Å². The van der Waals surface area contributed by atoms with Gasteiger partial charge in [-0.3, -0.25) is 0 Å². The summed E-state index contributed by atoms with van der Waals surface area (Å²) in [7, 11) is 0. The van der Waals surface area contributed by atoms with Crippen molar-refractivity contribution in [3.8, 4) is 0 Å². The van der Waals surface area contributed by atoms with Crippen LogP contribution in [0.5, 0.6) is 0 Å².